The fourth-order valence-electron chi connectivity index (χ4n) is 1.26. The summed E-state index contributed by atoms with van der Waals surface area (Å²) in [5, 5.41) is 19.1. The molecule has 0 fully saturated rings. The van der Waals surface area contributed by atoms with Gasteiger partial charge >= 0.3 is 11.7 Å². The molecule has 0 spiro atoms. The maximum atomic E-state index is 13.3. The molecule has 0 aliphatic rings. The Bertz CT molecular complexity index is 684. The Balaban J connectivity index is 2.26. The van der Waals surface area contributed by atoms with Gasteiger partial charge in [0, 0.05) is 18.3 Å². The van der Waals surface area contributed by atoms with Crippen LogP contribution in [0.15, 0.2) is 30.5 Å². The zero-order valence-electron chi connectivity index (χ0n) is 9.28. The van der Waals surface area contributed by atoms with E-state index in [2.05, 4.69) is 9.97 Å². The van der Waals surface area contributed by atoms with E-state index in [1.807, 2.05) is 0 Å². The average Bonchev–Trinajstić information content (AvgIpc) is 2.38. The highest BCUT2D eigenvalue weighted by atomic mass is 19.1. The number of nitriles is 1. The predicted octanol–water partition coefficient (Wildman–Crippen LogP) is 2.19. The number of hydrogen-bond donors (Lipinski definition) is 0. The summed E-state index contributed by atoms with van der Waals surface area (Å²) in [4.78, 5) is 17.0. The lowest BCUT2D eigenvalue weighted by Crippen LogP contribution is -1.96. The molecule has 0 amide bonds. The number of nitro benzene ring substituents is 1. The van der Waals surface area contributed by atoms with E-state index in [1.165, 1.54) is 18.3 Å². The molecular weight excluding hydrogens is 255 g/mol. The Morgan fingerprint density at radius 1 is 1.42 bits per heavy atom. The molecule has 1 aromatic carbocycles. The minimum Gasteiger partial charge on any atom is -0.424 e. The van der Waals surface area contributed by atoms with E-state index in [4.69, 9.17) is 10.00 Å². The van der Waals surface area contributed by atoms with Crippen LogP contribution in [0.3, 0.4) is 0 Å². The number of ether oxygens (including phenoxy) is 1. The molecule has 0 N–H and O–H groups in total. The second-order valence-corrected chi connectivity index (χ2v) is 3.31. The highest BCUT2D eigenvalue weighted by Gasteiger charge is 2.15. The molecule has 0 saturated carbocycles. The number of rotatable bonds is 3. The van der Waals surface area contributed by atoms with Crippen LogP contribution < -0.4 is 4.74 Å². The van der Waals surface area contributed by atoms with Crippen LogP contribution in [0.4, 0.5) is 10.1 Å². The van der Waals surface area contributed by atoms with Crippen LogP contribution in [0.1, 0.15) is 5.69 Å². The lowest BCUT2D eigenvalue weighted by Gasteiger charge is -2.03. The van der Waals surface area contributed by atoms with Gasteiger partial charge in [0.25, 0.3) is 0 Å². The van der Waals surface area contributed by atoms with Gasteiger partial charge in [-0.1, -0.05) is 0 Å². The number of nitro groups is 1. The maximum Gasteiger partial charge on any atom is 0.323 e. The van der Waals surface area contributed by atoms with Gasteiger partial charge in [-0.25, -0.2) is 4.98 Å². The van der Waals surface area contributed by atoms with Crippen LogP contribution in [0, 0.1) is 27.3 Å². The smallest absolute Gasteiger partial charge is 0.323 e. The Hall–Kier alpha value is -3.08. The van der Waals surface area contributed by atoms with E-state index in [1.54, 1.807) is 6.07 Å². The number of aromatic nitrogens is 2. The summed E-state index contributed by atoms with van der Waals surface area (Å²) in [5.74, 6) is -1.03. The summed E-state index contributed by atoms with van der Waals surface area (Å²) in [6.45, 7) is 0. The fourth-order valence-corrected chi connectivity index (χ4v) is 1.26. The molecule has 2 aromatic rings. The molecule has 0 bridgehead atoms. The van der Waals surface area contributed by atoms with Gasteiger partial charge in [0.05, 0.1) is 4.92 Å². The van der Waals surface area contributed by atoms with E-state index in [0.717, 1.165) is 12.1 Å². The van der Waals surface area contributed by atoms with Gasteiger partial charge in [0.2, 0.25) is 5.82 Å². The summed E-state index contributed by atoms with van der Waals surface area (Å²) >= 11 is 0. The lowest BCUT2D eigenvalue weighted by molar-refractivity contribution is -0.387. The minimum atomic E-state index is -1.03. The van der Waals surface area contributed by atoms with Crippen molar-refractivity contribution in [3.8, 4) is 17.8 Å². The Morgan fingerprint density at radius 2 is 2.21 bits per heavy atom. The van der Waals surface area contributed by atoms with Crippen molar-refractivity contribution < 1.29 is 14.1 Å². The van der Waals surface area contributed by atoms with E-state index in [9.17, 15) is 14.5 Å². The van der Waals surface area contributed by atoms with Crippen molar-refractivity contribution in [1.82, 2.24) is 9.97 Å². The number of hydrogen-bond acceptors (Lipinski definition) is 6. The highest BCUT2D eigenvalue weighted by Crippen LogP contribution is 2.24. The van der Waals surface area contributed by atoms with E-state index in [-0.39, 0.29) is 17.5 Å². The average molecular weight is 260 g/mol. The monoisotopic (exact) mass is 260 g/mol. The molecule has 0 atom stereocenters. The summed E-state index contributed by atoms with van der Waals surface area (Å²) in [5.41, 5.74) is -0.563. The molecule has 0 unspecified atom stereocenters. The molecule has 19 heavy (non-hydrogen) atoms. The first-order valence-electron chi connectivity index (χ1n) is 4.95. The summed E-state index contributed by atoms with van der Waals surface area (Å²) < 4.78 is 18.4. The molecule has 0 aliphatic carbocycles. The molecular formula is C11H5FN4O3. The highest BCUT2D eigenvalue weighted by molar-refractivity contribution is 5.39. The molecule has 0 aliphatic heterocycles. The molecule has 94 valence electrons. The van der Waals surface area contributed by atoms with Gasteiger partial charge in [-0.3, -0.25) is 10.1 Å². The summed E-state index contributed by atoms with van der Waals surface area (Å²) in [7, 11) is 0. The largest absolute Gasteiger partial charge is 0.424 e. The van der Waals surface area contributed by atoms with Crippen LogP contribution >= 0.6 is 0 Å². The fraction of sp³-hybridized carbons (Fsp3) is 0. The topological polar surface area (TPSA) is 102 Å². The van der Waals surface area contributed by atoms with Crippen LogP contribution in [0.5, 0.6) is 11.8 Å². The molecule has 2 rings (SSSR count). The van der Waals surface area contributed by atoms with Crippen molar-refractivity contribution in [1.29, 1.82) is 5.26 Å². The van der Waals surface area contributed by atoms with Gasteiger partial charge in [0.15, 0.2) is 0 Å². The van der Waals surface area contributed by atoms with Gasteiger partial charge < -0.3 is 4.74 Å². The minimum absolute atomic E-state index is 0.00168. The normalized spacial score (nSPS) is 9.68. The van der Waals surface area contributed by atoms with Crippen molar-refractivity contribution in [2.24, 2.45) is 0 Å². The van der Waals surface area contributed by atoms with E-state index < -0.39 is 16.4 Å². The molecule has 1 heterocycles. The van der Waals surface area contributed by atoms with Crippen LogP contribution in [-0.4, -0.2) is 14.9 Å². The molecule has 1 aromatic heterocycles. The first-order chi connectivity index (χ1) is 9.10. The van der Waals surface area contributed by atoms with Gasteiger partial charge in [0.1, 0.15) is 17.5 Å². The molecule has 0 radical (unpaired) electrons. The Labute approximate surface area is 106 Å². The zero-order valence-corrected chi connectivity index (χ0v) is 9.28. The molecule has 0 saturated heterocycles. The third-order valence-electron chi connectivity index (χ3n) is 2.07. The van der Waals surface area contributed by atoms with Crippen molar-refractivity contribution in [2.45, 2.75) is 0 Å². The van der Waals surface area contributed by atoms with Crippen molar-refractivity contribution >= 4 is 5.69 Å². The second kappa shape index (κ2) is 5.05. The second-order valence-electron chi connectivity index (χ2n) is 3.31. The van der Waals surface area contributed by atoms with Gasteiger partial charge in [-0.05, 0) is 12.1 Å². The standard InChI is InChI=1S/C11H5FN4O3/c12-9-5-8(1-2-10(9)16(17)18)19-11-14-4-3-7(6-13)15-11/h1-5H. The summed E-state index contributed by atoms with van der Waals surface area (Å²) in [6.07, 6.45) is 1.31. The number of benzene rings is 1. The zero-order chi connectivity index (χ0) is 13.8. The molecule has 8 heteroatoms. The van der Waals surface area contributed by atoms with E-state index in [0.29, 0.717) is 0 Å². The summed E-state index contributed by atoms with van der Waals surface area (Å²) in [6, 6.07) is 6.06. The first-order valence-corrected chi connectivity index (χ1v) is 4.95. The Morgan fingerprint density at radius 3 is 2.84 bits per heavy atom. The first kappa shape index (κ1) is 12.4. The quantitative estimate of drug-likeness (QED) is 0.619. The third-order valence-corrected chi connectivity index (χ3v) is 2.07. The third kappa shape index (κ3) is 2.78. The molecule has 7 nitrogen and oxygen atoms in total. The van der Waals surface area contributed by atoms with Crippen LogP contribution in [0.25, 0.3) is 0 Å². The maximum absolute atomic E-state index is 13.3. The Kier molecular flexibility index (Phi) is 3.29. The number of halogens is 1. The van der Waals surface area contributed by atoms with Crippen LogP contribution in [-0.2, 0) is 0 Å². The van der Waals surface area contributed by atoms with Crippen molar-refractivity contribution in [2.75, 3.05) is 0 Å². The van der Waals surface area contributed by atoms with Crippen molar-refractivity contribution in [3.05, 3.63) is 52.1 Å². The van der Waals surface area contributed by atoms with Crippen LogP contribution in [0.2, 0.25) is 0 Å². The van der Waals surface area contributed by atoms with E-state index >= 15 is 0 Å². The number of nitrogens with zero attached hydrogens (tertiary/aromatic N) is 4. The van der Waals surface area contributed by atoms with Gasteiger partial charge in [-0.15, -0.1) is 0 Å². The lowest BCUT2D eigenvalue weighted by atomic mass is 10.3. The van der Waals surface area contributed by atoms with Gasteiger partial charge in [-0.2, -0.15) is 14.6 Å². The SMILES string of the molecule is N#Cc1ccnc(Oc2ccc([N+](=O)[O-])c(F)c2)n1. The predicted molar refractivity (Wildman–Crippen MR) is 59.9 cm³/mol. The van der Waals surface area contributed by atoms with Crippen molar-refractivity contribution in [3.63, 3.8) is 0 Å².